The van der Waals surface area contributed by atoms with E-state index in [0.29, 0.717) is 19.3 Å². The van der Waals surface area contributed by atoms with Crippen LogP contribution in [0.25, 0.3) is 0 Å². The molecular formula is C30H40N2O5S. The van der Waals surface area contributed by atoms with Gasteiger partial charge in [-0.25, -0.2) is 0 Å². The smallest absolute Gasteiger partial charge is 0.311 e. The molecule has 0 aliphatic carbocycles. The van der Waals surface area contributed by atoms with Gasteiger partial charge in [0.05, 0.1) is 35.8 Å². The number of nitrogens with zero attached hydrogens (tertiary/aromatic N) is 2. The molecule has 2 amide bonds. The first-order chi connectivity index (χ1) is 18.1. The molecular weight excluding hydrogens is 500 g/mol. The van der Waals surface area contributed by atoms with Gasteiger partial charge in [-0.1, -0.05) is 30.4 Å². The summed E-state index contributed by atoms with van der Waals surface area (Å²) in [4.78, 5) is 45.5. The van der Waals surface area contributed by atoms with Crippen molar-refractivity contribution in [1.29, 1.82) is 0 Å². The third kappa shape index (κ3) is 4.39. The fourth-order valence-corrected chi connectivity index (χ4v) is 9.18. The molecule has 3 saturated heterocycles. The van der Waals surface area contributed by atoms with Gasteiger partial charge < -0.3 is 19.6 Å². The Morgan fingerprint density at radius 3 is 2.55 bits per heavy atom. The van der Waals surface area contributed by atoms with Crippen LogP contribution in [-0.2, 0) is 19.1 Å². The monoisotopic (exact) mass is 540 g/mol. The minimum atomic E-state index is -0.813. The van der Waals surface area contributed by atoms with Gasteiger partial charge in [-0.3, -0.25) is 14.4 Å². The van der Waals surface area contributed by atoms with Crippen LogP contribution in [0.15, 0.2) is 43.5 Å². The van der Waals surface area contributed by atoms with E-state index in [4.69, 9.17) is 4.74 Å². The molecule has 7 nitrogen and oxygen atoms in total. The number of unbranched alkanes of at least 4 members (excludes halogenated alkanes) is 1. The number of hydrogen-bond donors (Lipinski definition) is 1. The van der Waals surface area contributed by atoms with E-state index in [1.54, 1.807) is 40.6 Å². The topological polar surface area (TPSA) is 87.1 Å². The number of benzene rings is 1. The van der Waals surface area contributed by atoms with E-state index in [9.17, 15) is 19.5 Å². The van der Waals surface area contributed by atoms with E-state index in [0.717, 1.165) is 23.2 Å². The number of allylic oxidation sites excluding steroid dienone is 1. The number of likely N-dealkylation sites (tertiary alicyclic amines) is 1. The van der Waals surface area contributed by atoms with Gasteiger partial charge in [0.15, 0.2) is 0 Å². The highest BCUT2D eigenvalue weighted by Gasteiger charge is 2.78. The molecule has 0 radical (unpaired) electrons. The van der Waals surface area contributed by atoms with E-state index in [1.165, 1.54) is 0 Å². The summed E-state index contributed by atoms with van der Waals surface area (Å²) in [5.41, 5.74) is 2.72. The van der Waals surface area contributed by atoms with Gasteiger partial charge in [-0.2, -0.15) is 0 Å². The second kappa shape index (κ2) is 10.9. The molecule has 1 spiro atoms. The summed E-state index contributed by atoms with van der Waals surface area (Å²) in [6.07, 6.45) is 6.25. The Kier molecular flexibility index (Phi) is 8.15. The SMILES string of the molecule is C=CCCCOC(=O)[C@H]1[C@H]2C(=O)N([C@H](C)CO)C(C(=O)N(CC=C)c3c(C)cccc3C)C23CC[C@]1(C)S3. The molecule has 1 N–H and O–H groups in total. The van der Waals surface area contributed by atoms with Crippen molar-refractivity contribution in [3.05, 3.63) is 54.6 Å². The second-order valence-electron chi connectivity index (χ2n) is 11.1. The van der Waals surface area contributed by atoms with Crippen LogP contribution in [0.1, 0.15) is 50.7 Å². The predicted octanol–water partition coefficient (Wildman–Crippen LogP) is 4.19. The molecule has 3 aliphatic rings. The molecule has 3 fully saturated rings. The summed E-state index contributed by atoms with van der Waals surface area (Å²) >= 11 is 1.61. The Balaban J connectivity index is 1.78. The van der Waals surface area contributed by atoms with Crippen molar-refractivity contribution >= 4 is 35.2 Å². The average molecular weight is 541 g/mol. The van der Waals surface area contributed by atoms with Gasteiger partial charge in [-0.15, -0.1) is 24.9 Å². The predicted molar refractivity (Wildman–Crippen MR) is 151 cm³/mol. The van der Waals surface area contributed by atoms with Crippen molar-refractivity contribution in [3.63, 3.8) is 0 Å². The lowest BCUT2D eigenvalue weighted by molar-refractivity contribution is -0.156. The molecule has 3 heterocycles. The number of hydrogen-bond acceptors (Lipinski definition) is 6. The third-order valence-electron chi connectivity index (χ3n) is 8.53. The highest BCUT2D eigenvalue weighted by molar-refractivity contribution is 8.02. The number of rotatable bonds is 11. The Bertz CT molecular complexity index is 1120. The zero-order valence-corrected chi connectivity index (χ0v) is 23.8. The van der Waals surface area contributed by atoms with Crippen molar-refractivity contribution in [2.24, 2.45) is 11.8 Å². The lowest BCUT2D eigenvalue weighted by Crippen LogP contribution is -2.57. The van der Waals surface area contributed by atoms with E-state index >= 15 is 0 Å². The van der Waals surface area contributed by atoms with Crippen LogP contribution in [0.4, 0.5) is 5.69 Å². The van der Waals surface area contributed by atoms with Crippen molar-refractivity contribution < 1.29 is 24.2 Å². The van der Waals surface area contributed by atoms with Gasteiger partial charge in [0.1, 0.15) is 6.04 Å². The number of thioether (sulfide) groups is 1. The van der Waals surface area contributed by atoms with Gasteiger partial charge in [-0.05, 0) is 64.5 Å². The number of para-hydroxylation sites is 1. The minimum absolute atomic E-state index is 0.199. The Labute approximate surface area is 230 Å². The first kappa shape index (κ1) is 28.4. The number of aliphatic hydroxyl groups excluding tert-OH is 1. The first-order valence-electron chi connectivity index (χ1n) is 13.5. The summed E-state index contributed by atoms with van der Waals surface area (Å²) in [6, 6.07) is 4.51. The minimum Gasteiger partial charge on any atom is -0.465 e. The molecule has 206 valence electrons. The summed E-state index contributed by atoms with van der Waals surface area (Å²) in [6.45, 7) is 15.6. The maximum absolute atomic E-state index is 14.6. The van der Waals surface area contributed by atoms with Crippen molar-refractivity contribution in [3.8, 4) is 0 Å². The number of carbonyl (C=O) groups is 3. The first-order valence-corrected chi connectivity index (χ1v) is 14.3. The fraction of sp³-hybridized carbons (Fsp3) is 0.567. The molecule has 4 rings (SSSR count). The Morgan fingerprint density at radius 1 is 1.26 bits per heavy atom. The number of aryl methyl sites for hydroxylation is 2. The summed E-state index contributed by atoms with van der Waals surface area (Å²) in [7, 11) is 0. The standard InChI is InChI=1S/C30H40N2O5S/c1-7-9-10-17-37-28(36)23-22-26(34)32(21(5)18-33)25(30(22)15-14-29(23,6)38-30)27(35)31(16-8-2)24-19(3)12-11-13-20(24)4/h7-8,11-13,21-23,25,33H,1-2,9-10,14-18H2,3-6H3/t21-,22+,23-,25?,29+,30?/m1/s1. The molecule has 2 bridgehead atoms. The Hall–Kier alpha value is -2.58. The molecule has 1 aromatic rings. The number of amides is 2. The molecule has 8 heteroatoms. The van der Waals surface area contributed by atoms with Crippen LogP contribution in [0.2, 0.25) is 0 Å². The zero-order valence-electron chi connectivity index (χ0n) is 22.9. The van der Waals surface area contributed by atoms with Crippen molar-refractivity contribution in [2.45, 2.75) is 75.0 Å². The van der Waals surface area contributed by atoms with Crippen LogP contribution < -0.4 is 4.90 Å². The lowest BCUT2D eigenvalue weighted by atomic mass is 9.66. The molecule has 38 heavy (non-hydrogen) atoms. The molecule has 0 aromatic heterocycles. The van der Waals surface area contributed by atoms with E-state index in [2.05, 4.69) is 13.2 Å². The van der Waals surface area contributed by atoms with Crippen LogP contribution in [-0.4, -0.2) is 69.1 Å². The number of aliphatic hydroxyl groups is 1. The van der Waals surface area contributed by atoms with Crippen LogP contribution in [0.5, 0.6) is 0 Å². The second-order valence-corrected chi connectivity index (χ2v) is 13.0. The molecule has 2 unspecified atom stereocenters. The number of ether oxygens (including phenoxy) is 1. The van der Waals surface area contributed by atoms with E-state index in [-0.39, 0.29) is 37.5 Å². The highest BCUT2D eigenvalue weighted by Crippen LogP contribution is 2.71. The van der Waals surface area contributed by atoms with Crippen LogP contribution in [0.3, 0.4) is 0 Å². The maximum atomic E-state index is 14.6. The Morgan fingerprint density at radius 2 is 1.95 bits per heavy atom. The number of carbonyl (C=O) groups excluding carboxylic acids is 3. The fourth-order valence-electron chi connectivity index (χ4n) is 6.85. The number of fused-ring (bicyclic) bond motifs is 1. The van der Waals surface area contributed by atoms with Gasteiger partial charge in [0, 0.05) is 17.0 Å². The van der Waals surface area contributed by atoms with Crippen molar-refractivity contribution in [2.75, 3.05) is 24.7 Å². The van der Waals surface area contributed by atoms with Gasteiger partial charge in [0.25, 0.3) is 5.91 Å². The molecule has 3 aliphatic heterocycles. The number of esters is 1. The largest absolute Gasteiger partial charge is 0.465 e. The third-order valence-corrected chi connectivity index (χ3v) is 10.5. The molecule has 0 saturated carbocycles. The normalized spacial score (nSPS) is 30.2. The maximum Gasteiger partial charge on any atom is 0.311 e. The van der Waals surface area contributed by atoms with Crippen molar-refractivity contribution in [1.82, 2.24) is 4.90 Å². The summed E-state index contributed by atoms with van der Waals surface area (Å²) in [5, 5.41) is 10.1. The summed E-state index contributed by atoms with van der Waals surface area (Å²) in [5.74, 6) is -2.13. The summed E-state index contributed by atoms with van der Waals surface area (Å²) < 4.78 is 4.41. The molecule has 1 aromatic carbocycles. The zero-order chi connectivity index (χ0) is 27.8. The lowest BCUT2D eigenvalue weighted by Gasteiger charge is -2.39. The molecule has 6 atom stereocenters. The van der Waals surface area contributed by atoms with Crippen LogP contribution >= 0.6 is 11.8 Å². The van der Waals surface area contributed by atoms with Crippen LogP contribution in [0, 0.1) is 25.7 Å². The van der Waals surface area contributed by atoms with Gasteiger partial charge >= 0.3 is 5.97 Å². The highest BCUT2D eigenvalue weighted by atomic mass is 32.2. The van der Waals surface area contributed by atoms with E-state index in [1.807, 2.05) is 39.0 Å². The average Bonchev–Trinajstić information content (AvgIpc) is 3.45. The quantitative estimate of drug-likeness (QED) is 0.257. The van der Waals surface area contributed by atoms with E-state index < -0.39 is 33.4 Å². The van der Waals surface area contributed by atoms with Gasteiger partial charge in [0.2, 0.25) is 5.91 Å². The number of anilines is 1.